The lowest BCUT2D eigenvalue weighted by Crippen LogP contribution is -2.53. The second kappa shape index (κ2) is 7.81. The molecule has 0 spiro atoms. The standard InChI is InChI=1S/C14H18BNO6/c17-13(18)8-11-6-7-12(15(20)22-11)16-14(19)21-9-10-4-2-1-3-5-10/h1-5,11-12,20H,6-9H2,(H,16,19)(H,17,18)/t11-,12-/m0/s1. The second-order valence-electron chi connectivity index (χ2n) is 5.14. The molecule has 1 fully saturated rings. The van der Waals surface area contributed by atoms with E-state index in [9.17, 15) is 14.6 Å². The van der Waals surface area contributed by atoms with Crippen LogP contribution in [0.25, 0.3) is 0 Å². The number of hydrogen-bond acceptors (Lipinski definition) is 5. The number of carbonyl (C=O) groups is 2. The predicted molar refractivity (Wildman–Crippen MR) is 77.9 cm³/mol. The Kier molecular flexibility index (Phi) is 5.79. The van der Waals surface area contributed by atoms with E-state index in [2.05, 4.69) is 5.32 Å². The Morgan fingerprint density at radius 2 is 2.05 bits per heavy atom. The fraction of sp³-hybridized carbons (Fsp3) is 0.429. The highest BCUT2D eigenvalue weighted by atomic mass is 16.6. The van der Waals surface area contributed by atoms with Crippen LogP contribution in [0.3, 0.4) is 0 Å². The fourth-order valence-corrected chi connectivity index (χ4v) is 2.27. The smallest absolute Gasteiger partial charge is 0.478 e. The molecule has 2 atom stereocenters. The van der Waals surface area contributed by atoms with Crippen molar-refractivity contribution in [1.29, 1.82) is 0 Å². The molecule has 1 heterocycles. The molecule has 0 aromatic heterocycles. The van der Waals surface area contributed by atoms with Gasteiger partial charge in [0.1, 0.15) is 6.61 Å². The number of aliphatic carboxylic acids is 1. The summed E-state index contributed by atoms with van der Waals surface area (Å²) in [5.74, 6) is -1.58. The van der Waals surface area contributed by atoms with Gasteiger partial charge in [-0.3, -0.25) is 4.79 Å². The summed E-state index contributed by atoms with van der Waals surface area (Å²) in [6, 6.07) is 9.23. The molecule has 1 aliphatic heterocycles. The molecule has 3 N–H and O–H groups in total. The van der Waals surface area contributed by atoms with E-state index in [4.69, 9.17) is 14.5 Å². The van der Waals surface area contributed by atoms with Crippen molar-refractivity contribution in [2.45, 2.75) is 37.9 Å². The first-order valence-electron chi connectivity index (χ1n) is 7.07. The maximum Gasteiger partial charge on any atom is 0.478 e. The SMILES string of the molecule is O=C(O)C[C@@H]1CC[C@H](NC(=O)OCc2ccccc2)B(O)O1. The van der Waals surface area contributed by atoms with E-state index in [-0.39, 0.29) is 13.0 Å². The summed E-state index contributed by atoms with van der Waals surface area (Å²) >= 11 is 0. The Labute approximate surface area is 128 Å². The van der Waals surface area contributed by atoms with Gasteiger partial charge in [0, 0.05) is 0 Å². The number of amides is 1. The molecular formula is C14H18BNO6. The number of alkyl carbamates (subject to hydrolysis) is 1. The second-order valence-corrected chi connectivity index (χ2v) is 5.14. The molecule has 1 amide bonds. The van der Waals surface area contributed by atoms with Crippen LogP contribution in [0.4, 0.5) is 4.79 Å². The first-order valence-corrected chi connectivity index (χ1v) is 7.07. The molecule has 2 rings (SSSR count). The minimum atomic E-state index is -1.23. The molecule has 1 saturated heterocycles. The van der Waals surface area contributed by atoms with Gasteiger partial charge < -0.3 is 24.8 Å². The van der Waals surface area contributed by atoms with E-state index >= 15 is 0 Å². The number of nitrogens with one attached hydrogen (secondary N) is 1. The Morgan fingerprint density at radius 3 is 2.68 bits per heavy atom. The first-order chi connectivity index (χ1) is 10.5. The van der Waals surface area contributed by atoms with Crippen LogP contribution in [0.2, 0.25) is 0 Å². The number of carboxylic acid groups (broad SMARTS) is 1. The van der Waals surface area contributed by atoms with Gasteiger partial charge in [0.05, 0.1) is 18.5 Å². The minimum Gasteiger partial charge on any atom is -0.481 e. The van der Waals surface area contributed by atoms with Crippen LogP contribution < -0.4 is 5.32 Å². The summed E-state index contributed by atoms with van der Waals surface area (Å²) in [4.78, 5) is 22.3. The van der Waals surface area contributed by atoms with Crippen molar-refractivity contribution in [3.05, 3.63) is 35.9 Å². The zero-order valence-electron chi connectivity index (χ0n) is 12.0. The Balaban J connectivity index is 1.74. The average molecular weight is 307 g/mol. The minimum absolute atomic E-state index is 0.137. The molecule has 8 heteroatoms. The van der Waals surface area contributed by atoms with Crippen molar-refractivity contribution in [3.63, 3.8) is 0 Å². The normalized spacial score (nSPS) is 21.2. The summed E-state index contributed by atoms with van der Waals surface area (Å²) in [5, 5.41) is 21.0. The monoisotopic (exact) mass is 307 g/mol. The number of carboxylic acids is 1. The summed E-state index contributed by atoms with van der Waals surface area (Å²) in [7, 11) is -1.23. The summed E-state index contributed by atoms with van der Waals surface area (Å²) < 4.78 is 10.2. The molecule has 0 unspecified atom stereocenters. The highest BCUT2D eigenvalue weighted by Crippen LogP contribution is 2.18. The van der Waals surface area contributed by atoms with Crippen molar-refractivity contribution in [2.75, 3.05) is 0 Å². The van der Waals surface area contributed by atoms with Crippen LogP contribution in [0, 0.1) is 0 Å². The first kappa shape index (κ1) is 16.3. The maximum atomic E-state index is 11.7. The lowest BCUT2D eigenvalue weighted by Gasteiger charge is -2.30. The van der Waals surface area contributed by atoms with Crippen LogP contribution in [0.5, 0.6) is 0 Å². The van der Waals surface area contributed by atoms with Crippen LogP contribution >= 0.6 is 0 Å². The Morgan fingerprint density at radius 1 is 1.32 bits per heavy atom. The lowest BCUT2D eigenvalue weighted by atomic mass is 9.72. The molecule has 7 nitrogen and oxygen atoms in total. The van der Waals surface area contributed by atoms with Gasteiger partial charge in [0.2, 0.25) is 0 Å². The fourth-order valence-electron chi connectivity index (χ4n) is 2.27. The maximum absolute atomic E-state index is 11.7. The number of hydrogen-bond donors (Lipinski definition) is 3. The third-order valence-corrected chi connectivity index (χ3v) is 3.39. The van der Waals surface area contributed by atoms with Gasteiger partial charge in [0.25, 0.3) is 0 Å². The molecule has 0 bridgehead atoms. The van der Waals surface area contributed by atoms with Crippen molar-refractivity contribution in [2.24, 2.45) is 0 Å². The van der Waals surface area contributed by atoms with Gasteiger partial charge in [-0.15, -0.1) is 0 Å². The molecule has 0 radical (unpaired) electrons. The predicted octanol–water partition coefficient (Wildman–Crippen LogP) is 0.955. The molecule has 1 aliphatic rings. The van der Waals surface area contributed by atoms with Gasteiger partial charge in [-0.2, -0.15) is 0 Å². The van der Waals surface area contributed by atoms with E-state index < -0.39 is 31.2 Å². The number of benzene rings is 1. The van der Waals surface area contributed by atoms with Crippen LogP contribution in [-0.2, 0) is 20.8 Å². The molecular weight excluding hydrogens is 289 g/mol. The van der Waals surface area contributed by atoms with Gasteiger partial charge in [-0.25, -0.2) is 4.79 Å². The highest BCUT2D eigenvalue weighted by Gasteiger charge is 2.37. The van der Waals surface area contributed by atoms with Crippen LogP contribution in [0.1, 0.15) is 24.8 Å². The number of ether oxygens (including phenoxy) is 1. The third-order valence-electron chi connectivity index (χ3n) is 3.39. The van der Waals surface area contributed by atoms with Crippen molar-refractivity contribution in [3.8, 4) is 0 Å². The summed E-state index contributed by atoms with van der Waals surface area (Å²) in [5.41, 5.74) is 0.861. The molecule has 1 aromatic rings. The quantitative estimate of drug-likeness (QED) is 0.700. The van der Waals surface area contributed by atoms with E-state index in [1.54, 1.807) is 0 Å². The number of rotatable bonds is 5. The zero-order chi connectivity index (χ0) is 15.9. The van der Waals surface area contributed by atoms with Crippen molar-refractivity contribution >= 4 is 19.2 Å². The molecule has 0 saturated carbocycles. The Hall–Kier alpha value is -2.06. The van der Waals surface area contributed by atoms with E-state index in [1.807, 2.05) is 30.3 Å². The average Bonchev–Trinajstić information content (AvgIpc) is 2.48. The van der Waals surface area contributed by atoms with E-state index in [0.29, 0.717) is 12.8 Å². The van der Waals surface area contributed by atoms with Crippen molar-refractivity contribution < 1.29 is 29.1 Å². The van der Waals surface area contributed by atoms with Gasteiger partial charge >= 0.3 is 19.2 Å². The van der Waals surface area contributed by atoms with Crippen molar-refractivity contribution in [1.82, 2.24) is 5.32 Å². The number of carbonyl (C=O) groups excluding carboxylic acids is 1. The van der Waals surface area contributed by atoms with Gasteiger partial charge in [-0.1, -0.05) is 30.3 Å². The Bertz CT molecular complexity index is 511. The third kappa shape index (κ3) is 5.05. The zero-order valence-corrected chi connectivity index (χ0v) is 12.0. The lowest BCUT2D eigenvalue weighted by molar-refractivity contribution is -0.139. The van der Waals surface area contributed by atoms with E-state index in [0.717, 1.165) is 5.56 Å². The largest absolute Gasteiger partial charge is 0.481 e. The van der Waals surface area contributed by atoms with E-state index in [1.165, 1.54) is 0 Å². The molecule has 1 aromatic carbocycles. The molecule has 0 aliphatic carbocycles. The topological polar surface area (TPSA) is 105 Å². The van der Waals surface area contributed by atoms with Crippen LogP contribution in [-0.4, -0.2) is 41.4 Å². The molecule has 22 heavy (non-hydrogen) atoms. The van der Waals surface area contributed by atoms with Crippen LogP contribution in [0.15, 0.2) is 30.3 Å². The summed E-state index contributed by atoms with van der Waals surface area (Å²) in [6.07, 6.45) is -0.464. The highest BCUT2D eigenvalue weighted by molar-refractivity contribution is 6.45. The molecule has 118 valence electrons. The van der Waals surface area contributed by atoms with Gasteiger partial charge in [-0.05, 0) is 18.4 Å². The summed E-state index contributed by atoms with van der Waals surface area (Å²) in [6.45, 7) is 0.137. The van der Waals surface area contributed by atoms with Gasteiger partial charge in [0.15, 0.2) is 0 Å².